The minimum absolute atomic E-state index is 0.207. The van der Waals surface area contributed by atoms with Gasteiger partial charge in [0.2, 0.25) is 0 Å². The Balaban J connectivity index is 1.62. The molecule has 1 amide bonds. The molecule has 3 rings (SSSR count). The molecule has 0 atom stereocenters. The second-order valence-corrected chi connectivity index (χ2v) is 6.75. The van der Waals surface area contributed by atoms with Crippen LogP contribution >= 0.6 is 11.3 Å². The smallest absolute Gasteiger partial charge is 0.319 e. The van der Waals surface area contributed by atoms with Crippen LogP contribution in [0.25, 0.3) is 10.6 Å². The third kappa shape index (κ3) is 3.96. The maximum atomic E-state index is 12.8. The van der Waals surface area contributed by atoms with Gasteiger partial charge in [0.15, 0.2) is 0 Å². The highest BCUT2D eigenvalue weighted by Crippen LogP contribution is 2.27. The second kappa shape index (κ2) is 7.74. The number of aromatic nitrogens is 3. The van der Waals surface area contributed by atoms with Gasteiger partial charge in [-0.1, -0.05) is 23.8 Å². The molecule has 1 aromatic carbocycles. The van der Waals surface area contributed by atoms with E-state index in [1.807, 2.05) is 26.0 Å². The number of aryl methyl sites for hydroxylation is 2. The summed E-state index contributed by atoms with van der Waals surface area (Å²) in [4.78, 5) is 20.5. The molecule has 26 heavy (non-hydrogen) atoms. The van der Waals surface area contributed by atoms with Crippen molar-refractivity contribution in [1.29, 1.82) is 0 Å². The number of benzene rings is 1. The third-order valence-corrected chi connectivity index (χ3v) is 4.82. The number of thiazole rings is 1. The Morgan fingerprint density at radius 3 is 2.88 bits per heavy atom. The van der Waals surface area contributed by atoms with E-state index in [0.29, 0.717) is 5.69 Å². The number of nitrogens with one attached hydrogen (secondary N) is 1. The first-order chi connectivity index (χ1) is 12.5. The number of carbonyl (C=O) groups is 1. The SMILES string of the molecule is Cc1ccc(-c2nc(C(=O)NCCc3nccn3C(F)F)cs2)c(C)c1. The van der Waals surface area contributed by atoms with Gasteiger partial charge in [-0.15, -0.1) is 11.3 Å². The molecular weight excluding hydrogens is 358 g/mol. The predicted molar refractivity (Wildman–Crippen MR) is 96.5 cm³/mol. The molecule has 0 spiro atoms. The summed E-state index contributed by atoms with van der Waals surface area (Å²) in [5.74, 6) is -0.0954. The zero-order valence-corrected chi connectivity index (χ0v) is 15.2. The number of alkyl halides is 2. The van der Waals surface area contributed by atoms with Crippen LogP contribution in [-0.4, -0.2) is 27.0 Å². The molecule has 0 unspecified atom stereocenters. The highest BCUT2D eigenvalue weighted by molar-refractivity contribution is 7.13. The molecular formula is C18H18F2N4OS. The van der Waals surface area contributed by atoms with Crippen molar-refractivity contribution in [3.8, 4) is 10.6 Å². The summed E-state index contributed by atoms with van der Waals surface area (Å²) in [6.45, 7) is 1.60. The van der Waals surface area contributed by atoms with Crippen molar-refractivity contribution >= 4 is 17.2 Å². The van der Waals surface area contributed by atoms with E-state index in [-0.39, 0.29) is 24.7 Å². The molecule has 2 heterocycles. The molecule has 0 aliphatic carbocycles. The van der Waals surface area contributed by atoms with Gasteiger partial charge in [0.05, 0.1) is 0 Å². The van der Waals surface area contributed by atoms with E-state index < -0.39 is 6.55 Å². The molecule has 0 bridgehead atoms. The summed E-state index contributed by atoms with van der Waals surface area (Å²) in [6, 6.07) is 6.07. The van der Waals surface area contributed by atoms with Crippen molar-refractivity contribution < 1.29 is 13.6 Å². The largest absolute Gasteiger partial charge is 0.350 e. The van der Waals surface area contributed by atoms with E-state index in [1.165, 1.54) is 29.3 Å². The number of nitrogens with zero attached hydrogens (tertiary/aromatic N) is 3. The summed E-state index contributed by atoms with van der Waals surface area (Å²) in [7, 11) is 0. The van der Waals surface area contributed by atoms with Crippen LogP contribution in [0.3, 0.4) is 0 Å². The molecule has 2 aromatic heterocycles. The standard InChI is InChI=1S/C18H18F2N4OS/c1-11-3-4-13(12(2)9-11)17-23-14(10-26-17)16(25)22-6-5-15-21-7-8-24(15)18(19)20/h3-4,7-10,18H,5-6H2,1-2H3,(H,22,25). The van der Waals surface area contributed by atoms with Crippen molar-refractivity contribution in [1.82, 2.24) is 19.9 Å². The summed E-state index contributed by atoms with van der Waals surface area (Å²) in [6.07, 6.45) is 2.76. The first-order valence-electron chi connectivity index (χ1n) is 8.07. The average molecular weight is 376 g/mol. The van der Waals surface area contributed by atoms with Crippen molar-refractivity contribution in [2.75, 3.05) is 6.54 Å². The van der Waals surface area contributed by atoms with Crippen molar-refractivity contribution in [3.05, 3.63) is 58.6 Å². The number of imidazole rings is 1. The molecule has 1 N–H and O–H groups in total. The van der Waals surface area contributed by atoms with Gasteiger partial charge in [0.1, 0.15) is 16.5 Å². The van der Waals surface area contributed by atoms with Gasteiger partial charge in [-0.25, -0.2) is 9.97 Å². The van der Waals surface area contributed by atoms with Crippen LogP contribution in [0.5, 0.6) is 0 Å². The fraction of sp³-hybridized carbons (Fsp3) is 0.278. The van der Waals surface area contributed by atoms with Crippen molar-refractivity contribution in [3.63, 3.8) is 0 Å². The Hall–Kier alpha value is -2.61. The second-order valence-electron chi connectivity index (χ2n) is 5.89. The maximum Gasteiger partial charge on any atom is 0.319 e. The Kier molecular flexibility index (Phi) is 5.41. The number of hydrogen-bond acceptors (Lipinski definition) is 4. The molecule has 3 aromatic rings. The van der Waals surface area contributed by atoms with E-state index in [2.05, 4.69) is 21.4 Å². The fourth-order valence-corrected chi connectivity index (χ4v) is 3.54. The highest BCUT2D eigenvalue weighted by atomic mass is 32.1. The number of halogens is 2. The summed E-state index contributed by atoms with van der Waals surface area (Å²) < 4.78 is 26.3. The quantitative estimate of drug-likeness (QED) is 0.708. The topological polar surface area (TPSA) is 59.8 Å². The van der Waals surface area contributed by atoms with Gasteiger partial charge in [-0.3, -0.25) is 9.36 Å². The van der Waals surface area contributed by atoms with Gasteiger partial charge in [0.25, 0.3) is 5.91 Å². The van der Waals surface area contributed by atoms with Gasteiger partial charge >= 0.3 is 6.55 Å². The Labute approximate surface area is 153 Å². The molecule has 0 aliphatic heterocycles. The zero-order valence-electron chi connectivity index (χ0n) is 14.4. The summed E-state index contributed by atoms with van der Waals surface area (Å²) >= 11 is 1.40. The van der Waals surface area contributed by atoms with Crippen LogP contribution in [0, 0.1) is 13.8 Å². The lowest BCUT2D eigenvalue weighted by Crippen LogP contribution is -2.26. The van der Waals surface area contributed by atoms with Crippen LogP contribution < -0.4 is 5.32 Å². The minimum Gasteiger partial charge on any atom is -0.350 e. The maximum absolute atomic E-state index is 12.8. The molecule has 0 fully saturated rings. The van der Waals surface area contributed by atoms with Gasteiger partial charge in [0, 0.05) is 36.3 Å². The number of hydrogen-bond donors (Lipinski definition) is 1. The first kappa shape index (κ1) is 18.2. The predicted octanol–water partition coefficient (Wildman–Crippen LogP) is 3.99. The van der Waals surface area contributed by atoms with E-state index in [4.69, 9.17) is 0 Å². The van der Waals surface area contributed by atoms with Crippen molar-refractivity contribution in [2.24, 2.45) is 0 Å². The Morgan fingerprint density at radius 2 is 2.15 bits per heavy atom. The fourth-order valence-electron chi connectivity index (χ4n) is 2.65. The van der Waals surface area contributed by atoms with Gasteiger partial charge in [-0.05, 0) is 19.4 Å². The average Bonchev–Trinajstić information content (AvgIpc) is 3.24. The van der Waals surface area contributed by atoms with Crippen LogP contribution in [0.1, 0.15) is 34.0 Å². The van der Waals surface area contributed by atoms with Crippen molar-refractivity contribution in [2.45, 2.75) is 26.8 Å². The lowest BCUT2D eigenvalue weighted by molar-refractivity contribution is 0.0670. The van der Waals surface area contributed by atoms with Crippen LogP contribution in [0.15, 0.2) is 36.0 Å². The third-order valence-electron chi connectivity index (χ3n) is 3.94. The monoisotopic (exact) mass is 376 g/mol. The Morgan fingerprint density at radius 1 is 1.35 bits per heavy atom. The number of amides is 1. The molecule has 136 valence electrons. The van der Waals surface area contributed by atoms with E-state index >= 15 is 0 Å². The summed E-state index contributed by atoms with van der Waals surface area (Å²) in [5, 5.41) is 5.18. The molecule has 8 heteroatoms. The van der Waals surface area contributed by atoms with E-state index in [0.717, 1.165) is 20.7 Å². The summed E-state index contributed by atoms with van der Waals surface area (Å²) in [5.41, 5.74) is 3.59. The van der Waals surface area contributed by atoms with Gasteiger partial charge in [-0.2, -0.15) is 8.78 Å². The van der Waals surface area contributed by atoms with Crippen LogP contribution in [-0.2, 0) is 6.42 Å². The molecule has 0 saturated heterocycles. The molecule has 5 nitrogen and oxygen atoms in total. The highest BCUT2D eigenvalue weighted by Gasteiger charge is 2.14. The lowest BCUT2D eigenvalue weighted by Gasteiger charge is -2.07. The first-order valence-corrected chi connectivity index (χ1v) is 8.95. The lowest BCUT2D eigenvalue weighted by atomic mass is 10.1. The zero-order chi connectivity index (χ0) is 18.7. The number of rotatable bonds is 6. The minimum atomic E-state index is -2.64. The van der Waals surface area contributed by atoms with Gasteiger partial charge < -0.3 is 5.32 Å². The molecule has 0 aliphatic rings. The van der Waals surface area contributed by atoms with Crippen LogP contribution in [0.4, 0.5) is 8.78 Å². The van der Waals surface area contributed by atoms with E-state index in [1.54, 1.807) is 5.38 Å². The van der Waals surface area contributed by atoms with Crippen LogP contribution in [0.2, 0.25) is 0 Å². The normalized spacial score (nSPS) is 11.1. The number of carbonyl (C=O) groups excluding carboxylic acids is 1. The molecule has 0 radical (unpaired) electrons. The molecule has 0 saturated carbocycles. The van der Waals surface area contributed by atoms with E-state index in [9.17, 15) is 13.6 Å². The Bertz CT molecular complexity index is 920.